The predicted molar refractivity (Wildman–Crippen MR) is 113 cm³/mol. The largest absolute Gasteiger partial charge is 0.341 e. The minimum atomic E-state index is 0.446. The lowest BCUT2D eigenvalue weighted by Crippen LogP contribution is -2.58. The van der Waals surface area contributed by atoms with E-state index in [0.717, 1.165) is 30.8 Å². The molecule has 4 bridgehead atoms. The first kappa shape index (κ1) is 16.2. The second-order valence-corrected chi connectivity index (χ2v) is 9.66. The molecule has 0 spiro atoms. The summed E-state index contributed by atoms with van der Waals surface area (Å²) >= 11 is 0. The third kappa shape index (κ3) is 2.49. The van der Waals surface area contributed by atoms with E-state index in [9.17, 15) is 0 Å². The van der Waals surface area contributed by atoms with Crippen LogP contribution in [-0.4, -0.2) is 10.1 Å². The number of hydrogen-bond donors (Lipinski definition) is 1. The van der Waals surface area contributed by atoms with Gasteiger partial charge in [-0.3, -0.25) is 0 Å². The second kappa shape index (κ2) is 5.85. The summed E-state index contributed by atoms with van der Waals surface area (Å²) in [5, 5.41) is 6.88. The van der Waals surface area contributed by atoms with Crippen molar-refractivity contribution in [1.82, 2.24) is 9.88 Å². The summed E-state index contributed by atoms with van der Waals surface area (Å²) in [4.78, 5) is 0. The minimum Gasteiger partial charge on any atom is -0.341 e. The van der Waals surface area contributed by atoms with E-state index < -0.39 is 0 Å². The first-order valence-electron chi connectivity index (χ1n) is 11.0. The summed E-state index contributed by atoms with van der Waals surface area (Å²) < 4.78 is 2.45. The van der Waals surface area contributed by atoms with Crippen LogP contribution in [-0.2, 0) is 13.1 Å². The number of hydrogen-bond acceptors (Lipinski definition) is 1. The molecule has 3 aromatic rings. The average molecular weight is 359 g/mol. The minimum absolute atomic E-state index is 0.446. The molecule has 1 N–H and O–H groups in total. The van der Waals surface area contributed by atoms with Crippen molar-refractivity contribution in [2.45, 2.75) is 64.1 Å². The standard InChI is InChI=1S/C25H30N2/c1-2-27-23-6-4-3-5-21(23)22-12-17(7-8-24(22)27)16-26-25-13-18-9-19(14-25)11-20(10-18)15-25/h3-8,12,18-20,26H,2,9-11,13-16H2,1H3. The second-order valence-electron chi connectivity index (χ2n) is 9.66. The van der Waals surface area contributed by atoms with Gasteiger partial charge in [-0.2, -0.15) is 0 Å². The summed E-state index contributed by atoms with van der Waals surface area (Å²) in [5.41, 5.74) is 4.62. The zero-order valence-electron chi connectivity index (χ0n) is 16.4. The molecule has 27 heavy (non-hydrogen) atoms. The van der Waals surface area contributed by atoms with Crippen LogP contribution in [0.3, 0.4) is 0 Å². The molecule has 4 aliphatic carbocycles. The molecule has 0 aliphatic heterocycles. The van der Waals surface area contributed by atoms with Crippen LogP contribution in [0.5, 0.6) is 0 Å². The molecule has 0 saturated heterocycles. The lowest BCUT2D eigenvalue weighted by molar-refractivity contribution is -0.0205. The predicted octanol–water partition coefficient (Wildman–Crippen LogP) is 5.87. The van der Waals surface area contributed by atoms with E-state index in [4.69, 9.17) is 0 Å². The number of aryl methyl sites for hydroxylation is 1. The fourth-order valence-corrected chi connectivity index (χ4v) is 7.17. The Kier molecular flexibility index (Phi) is 3.50. The Labute approximate surface area is 161 Å². The third-order valence-corrected chi connectivity index (χ3v) is 7.86. The number of nitrogens with zero attached hydrogens (tertiary/aromatic N) is 1. The molecule has 2 aromatic carbocycles. The summed E-state index contributed by atoms with van der Waals surface area (Å²) in [6, 6.07) is 16.0. The Hall–Kier alpha value is -1.80. The fraction of sp³-hybridized carbons (Fsp3) is 0.520. The van der Waals surface area contributed by atoms with Crippen molar-refractivity contribution in [3.8, 4) is 0 Å². The van der Waals surface area contributed by atoms with Gasteiger partial charge in [-0.1, -0.05) is 24.3 Å². The van der Waals surface area contributed by atoms with Crippen LogP contribution in [0.2, 0.25) is 0 Å². The van der Waals surface area contributed by atoms with Crippen molar-refractivity contribution in [3.63, 3.8) is 0 Å². The van der Waals surface area contributed by atoms with Crippen LogP contribution in [0.1, 0.15) is 51.0 Å². The Bertz CT molecular complexity index is 976. The average Bonchev–Trinajstić information content (AvgIpc) is 2.98. The van der Waals surface area contributed by atoms with E-state index in [1.807, 2.05) is 0 Å². The van der Waals surface area contributed by atoms with Gasteiger partial charge in [0.05, 0.1) is 0 Å². The number of nitrogens with one attached hydrogen (secondary N) is 1. The van der Waals surface area contributed by atoms with E-state index >= 15 is 0 Å². The zero-order valence-corrected chi connectivity index (χ0v) is 16.4. The Morgan fingerprint density at radius 1 is 0.889 bits per heavy atom. The van der Waals surface area contributed by atoms with E-state index in [0.29, 0.717) is 5.54 Å². The maximum Gasteiger partial charge on any atom is 0.0491 e. The van der Waals surface area contributed by atoms with Crippen LogP contribution in [0.25, 0.3) is 21.8 Å². The van der Waals surface area contributed by atoms with E-state index in [2.05, 4.69) is 59.3 Å². The summed E-state index contributed by atoms with van der Waals surface area (Å²) in [6.45, 7) is 4.29. The Morgan fingerprint density at radius 2 is 1.56 bits per heavy atom. The van der Waals surface area contributed by atoms with Gasteiger partial charge in [0.15, 0.2) is 0 Å². The molecule has 4 aliphatic rings. The molecule has 140 valence electrons. The maximum absolute atomic E-state index is 4.07. The Balaban J connectivity index is 1.32. The van der Waals surface area contributed by atoms with Crippen LogP contribution in [0, 0.1) is 17.8 Å². The van der Waals surface area contributed by atoms with Crippen molar-refractivity contribution in [2.75, 3.05) is 0 Å². The molecule has 1 heterocycles. The first-order valence-corrected chi connectivity index (χ1v) is 11.0. The van der Waals surface area contributed by atoms with Gasteiger partial charge in [0.2, 0.25) is 0 Å². The highest BCUT2D eigenvalue weighted by molar-refractivity contribution is 6.08. The molecule has 0 atom stereocenters. The van der Waals surface area contributed by atoms with Gasteiger partial charge in [-0.25, -0.2) is 0 Å². The lowest BCUT2D eigenvalue weighted by atomic mass is 9.53. The van der Waals surface area contributed by atoms with Crippen molar-refractivity contribution in [3.05, 3.63) is 48.0 Å². The van der Waals surface area contributed by atoms with Gasteiger partial charge in [0, 0.05) is 40.4 Å². The van der Waals surface area contributed by atoms with Gasteiger partial charge in [-0.15, -0.1) is 0 Å². The zero-order chi connectivity index (χ0) is 18.0. The molecule has 0 radical (unpaired) electrons. The molecule has 0 unspecified atom stereocenters. The molecule has 1 aromatic heterocycles. The molecular weight excluding hydrogens is 328 g/mol. The number of fused-ring (bicyclic) bond motifs is 3. The van der Waals surface area contributed by atoms with E-state index in [-0.39, 0.29) is 0 Å². The molecule has 4 fully saturated rings. The van der Waals surface area contributed by atoms with Gasteiger partial charge >= 0.3 is 0 Å². The topological polar surface area (TPSA) is 17.0 Å². The molecule has 2 nitrogen and oxygen atoms in total. The third-order valence-electron chi connectivity index (χ3n) is 7.86. The molecule has 0 amide bonds. The van der Waals surface area contributed by atoms with Crippen LogP contribution < -0.4 is 5.32 Å². The molecule has 7 rings (SSSR count). The smallest absolute Gasteiger partial charge is 0.0491 e. The highest BCUT2D eigenvalue weighted by atomic mass is 15.0. The molecule has 4 saturated carbocycles. The van der Waals surface area contributed by atoms with Gasteiger partial charge in [0.25, 0.3) is 0 Å². The molecular formula is C25H30N2. The van der Waals surface area contributed by atoms with Crippen LogP contribution >= 0.6 is 0 Å². The van der Waals surface area contributed by atoms with Crippen LogP contribution in [0.4, 0.5) is 0 Å². The van der Waals surface area contributed by atoms with E-state index in [1.165, 1.54) is 65.9 Å². The van der Waals surface area contributed by atoms with Gasteiger partial charge in [0.1, 0.15) is 0 Å². The Morgan fingerprint density at radius 3 is 2.26 bits per heavy atom. The van der Waals surface area contributed by atoms with E-state index in [1.54, 1.807) is 0 Å². The van der Waals surface area contributed by atoms with Gasteiger partial charge < -0.3 is 9.88 Å². The highest BCUT2D eigenvalue weighted by Crippen LogP contribution is 2.55. The highest BCUT2D eigenvalue weighted by Gasteiger charge is 2.50. The van der Waals surface area contributed by atoms with Crippen LogP contribution in [0.15, 0.2) is 42.5 Å². The number of rotatable bonds is 4. The summed E-state index contributed by atoms with van der Waals surface area (Å²) in [6.07, 6.45) is 8.83. The molecule has 2 heteroatoms. The summed E-state index contributed by atoms with van der Waals surface area (Å²) in [5.74, 6) is 3.02. The van der Waals surface area contributed by atoms with Gasteiger partial charge in [-0.05, 0) is 87.0 Å². The number of para-hydroxylation sites is 1. The van der Waals surface area contributed by atoms with Crippen molar-refractivity contribution >= 4 is 21.8 Å². The monoisotopic (exact) mass is 358 g/mol. The normalized spacial score (nSPS) is 32.0. The first-order chi connectivity index (χ1) is 13.2. The lowest BCUT2D eigenvalue weighted by Gasteiger charge is -2.57. The number of benzene rings is 2. The number of aromatic nitrogens is 1. The SMILES string of the molecule is CCn1c2ccccc2c2cc(CNC34CC5CC(CC(C5)C3)C4)ccc21. The van der Waals surface area contributed by atoms with Crippen molar-refractivity contribution in [1.29, 1.82) is 0 Å². The summed E-state index contributed by atoms with van der Waals surface area (Å²) in [7, 11) is 0. The van der Waals surface area contributed by atoms with Crippen molar-refractivity contribution in [2.24, 2.45) is 17.8 Å². The maximum atomic E-state index is 4.07. The van der Waals surface area contributed by atoms with Crippen molar-refractivity contribution < 1.29 is 0 Å². The quantitative estimate of drug-likeness (QED) is 0.617. The fourth-order valence-electron chi connectivity index (χ4n) is 7.17.